The number of hydrogen-bond donors (Lipinski definition) is 0. The second-order valence-electron chi connectivity index (χ2n) is 4.55. The summed E-state index contributed by atoms with van der Waals surface area (Å²) in [5.74, 6) is -1.13. The van der Waals surface area contributed by atoms with Gasteiger partial charge in [0.05, 0.1) is 30.3 Å². The third kappa shape index (κ3) is 3.67. The number of nitrogens with zero attached hydrogens (tertiary/aromatic N) is 1. The highest BCUT2D eigenvalue weighted by Crippen LogP contribution is 2.29. The van der Waals surface area contributed by atoms with Crippen molar-refractivity contribution in [1.82, 2.24) is 0 Å². The molecule has 124 valence electrons. The first-order valence-corrected chi connectivity index (χ1v) is 6.69. The first kappa shape index (κ1) is 16.9. The number of carbonyl (C=O) groups excluding carboxylic acids is 2. The van der Waals surface area contributed by atoms with Crippen LogP contribution in [0.5, 0.6) is 11.5 Å². The molecule has 2 aromatic rings. The number of carbonyl (C=O) groups is 2. The van der Waals surface area contributed by atoms with Gasteiger partial charge in [-0.15, -0.1) is 0 Å². The number of non-ortho nitro benzene ring substituents is 1. The quantitative estimate of drug-likeness (QED) is 0.359. The Morgan fingerprint density at radius 1 is 0.958 bits per heavy atom. The van der Waals surface area contributed by atoms with Crippen LogP contribution in [0.1, 0.15) is 20.7 Å². The zero-order valence-electron chi connectivity index (χ0n) is 12.8. The van der Waals surface area contributed by atoms with Gasteiger partial charge in [0.15, 0.2) is 11.5 Å². The molecule has 0 bridgehead atoms. The standard InChI is InChI=1S/C16H13NO7/c1-22-14-9-11(15(18)23-2)6-7-13(14)24-16(19)10-4-3-5-12(8-10)17(20)21/h3-9H,1-2H3. The van der Waals surface area contributed by atoms with Gasteiger partial charge >= 0.3 is 11.9 Å². The minimum Gasteiger partial charge on any atom is -0.493 e. The maximum atomic E-state index is 12.1. The molecule has 8 nitrogen and oxygen atoms in total. The van der Waals surface area contributed by atoms with E-state index in [9.17, 15) is 19.7 Å². The van der Waals surface area contributed by atoms with E-state index in [1.807, 2.05) is 0 Å². The molecule has 0 spiro atoms. The SMILES string of the molecule is COC(=O)c1ccc(OC(=O)c2cccc([N+](=O)[O-])c2)c(OC)c1. The molecule has 0 N–H and O–H groups in total. The Hall–Kier alpha value is -3.42. The van der Waals surface area contributed by atoms with Crippen LogP contribution in [0.2, 0.25) is 0 Å². The van der Waals surface area contributed by atoms with E-state index < -0.39 is 16.9 Å². The van der Waals surface area contributed by atoms with Crippen molar-refractivity contribution in [1.29, 1.82) is 0 Å². The van der Waals surface area contributed by atoms with Crippen molar-refractivity contribution in [2.45, 2.75) is 0 Å². The number of nitro groups is 1. The van der Waals surface area contributed by atoms with E-state index in [1.165, 1.54) is 50.6 Å². The molecule has 0 amide bonds. The fourth-order valence-electron chi connectivity index (χ4n) is 1.90. The predicted molar refractivity (Wildman–Crippen MR) is 82.4 cm³/mol. The molecule has 0 atom stereocenters. The second-order valence-corrected chi connectivity index (χ2v) is 4.55. The molecule has 24 heavy (non-hydrogen) atoms. The first-order chi connectivity index (χ1) is 11.5. The summed E-state index contributed by atoms with van der Waals surface area (Å²) >= 11 is 0. The fraction of sp³-hybridized carbons (Fsp3) is 0.125. The zero-order chi connectivity index (χ0) is 17.7. The third-order valence-electron chi connectivity index (χ3n) is 3.08. The fourth-order valence-corrected chi connectivity index (χ4v) is 1.90. The number of esters is 2. The summed E-state index contributed by atoms with van der Waals surface area (Å²) in [5, 5.41) is 10.8. The van der Waals surface area contributed by atoms with E-state index >= 15 is 0 Å². The molecule has 2 aromatic carbocycles. The molecule has 0 radical (unpaired) electrons. The molecule has 0 aromatic heterocycles. The maximum absolute atomic E-state index is 12.1. The summed E-state index contributed by atoms with van der Waals surface area (Å²) in [7, 11) is 2.59. The van der Waals surface area contributed by atoms with Crippen LogP contribution in [0, 0.1) is 10.1 Å². The van der Waals surface area contributed by atoms with Crippen LogP contribution in [0.4, 0.5) is 5.69 Å². The lowest BCUT2D eigenvalue weighted by molar-refractivity contribution is -0.384. The number of nitro benzene ring substituents is 1. The second kappa shape index (κ2) is 7.23. The molecule has 0 fully saturated rings. The molecule has 0 saturated carbocycles. The Morgan fingerprint density at radius 2 is 1.67 bits per heavy atom. The largest absolute Gasteiger partial charge is 0.493 e. The average Bonchev–Trinajstić information content (AvgIpc) is 2.61. The molecule has 0 aliphatic heterocycles. The molecule has 0 aliphatic rings. The van der Waals surface area contributed by atoms with Crippen molar-refractivity contribution in [3.8, 4) is 11.5 Å². The minimum absolute atomic E-state index is 0.0169. The van der Waals surface area contributed by atoms with Gasteiger partial charge in [-0.25, -0.2) is 9.59 Å². The molecule has 0 aliphatic carbocycles. The number of rotatable bonds is 5. The Labute approximate surface area is 136 Å². The maximum Gasteiger partial charge on any atom is 0.343 e. The van der Waals surface area contributed by atoms with Crippen LogP contribution in [0.3, 0.4) is 0 Å². The van der Waals surface area contributed by atoms with Gasteiger partial charge in [0.25, 0.3) is 5.69 Å². The molecule has 2 rings (SSSR count). The molecular formula is C16H13NO7. The van der Waals surface area contributed by atoms with E-state index in [-0.39, 0.29) is 28.3 Å². The Bertz CT molecular complexity index is 801. The van der Waals surface area contributed by atoms with Gasteiger partial charge in [0.2, 0.25) is 0 Å². The molecule has 0 heterocycles. The van der Waals surface area contributed by atoms with Crippen molar-refractivity contribution in [2.24, 2.45) is 0 Å². The van der Waals surface area contributed by atoms with Gasteiger partial charge in [-0.3, -0.25) is 10.1 Å². The highest BCUT2D eigenvalue weighted by Gasteiger charge is 2.17. The summed E-state index contributed by atoms with van der Waals surface area (Å²) in [4.78, 5) is 33.8. The number of benzene rings is 2. The summed E-state index contributed by atoms with van der Waals surface area (Å²) < 4.78 is 14.9. The summed E-state index contributed by atoms with van der Waals surface area (Å²) in [6.07, 6.45) is 0. The van der Waals surface area contributed by atoms with Gasteiger partial charge in [0.1, 0.15) is 0 Å². The zero-order valence-corrected chi connectivity index (χ0v) is 12.8. The van der Waals surface area contributed by atoms with Gasteiger partial charge in [-0.1, -0.05) is 6.07 Å². The van der Waals surface area contributed by atoms with E-state index in [4.69, 9.17) is 9.47 Å². The smallest absolute Gasteiger partial charge is 0.343 e. The molecule has 8 heteroatoms. The van der Waals surface area contributed by atoms with E-state index in [2.05, 4.69) is 4.74 Å². The lowest BCUT2D eigenvalue weighted by Gasteiger charge is -2.10. The van der Waals surface area contributed by atoms with Crippen LogP contribution >= 0.6 is 0 Å². The van der Waals surface area contributed by atoms with Crippen LogP contribution < -0.4 is 9.47 Å². The summed E-state index contributed by atoms with van der Waals surface area (Å²) in [5.41, 5.74) is 0.0187. The van der Waals surface area contributed by atoms with Crippen LogP contribution in [0.25, 0.3) is 0 Å². The average molecular weight is 331 g/mol. The highest BCUT2D eigenvalue weighted by atomic mass is 16.6. The van der Waals surface area contributed by atoms with Gasteiger partial charge in [-0.05, 0) is 24.3 Å². The Kier molecular flexibility index (Phi) is 5.10. The topological polar surface area (TPSA) is 105 Å². The number of methoxy groups -OCH3 is 2. The van der Waals surface area contributed by atoms with E-state index in [1.54, 1.807) is 0 Å². The Balaban J connectivity index is 2.27. The minimum atomic E-state index is -0.789. The van der Waals surface area contributed by atoms with Crippen molar-refractivity contribution < 1.29 is 28.7 Å². The highest BCUT2D eigenvalue weighted by molar-refractivity contribution is 5.93. The van der Waals surface area contributed by atoms with Crippen molar-refractivity contribution in [3.05, 3.63) is 63.7 Å². The lowest BCUT2D eigenvalue weighted by atomic mass is 10.2. The van der Waals surface area contributed by atoms with Crippen LogP contribution in [-0.2, 0) is 4.74 Å². The van der Waals surface area contributed by atoms with E-state index in [0.29, 0.717) is 0 Å². The van der Waals surface area contributed by atoms with Crippen LogP contribution in [-0.4, -0.2) is 31.1 Å². The van der Waals surface area contributed by atoms with E-state index in [0.717, 1.165) is 6.07 Å². The number of ether oxygens (including phenoxy) is 3. The number of hydrogen-bond acceptors (Lipinski definition) is 7. The van der Waals surface area contributed by atoms with Crippen molar-refractivity contribution in [2.75, 3.05) is 14.2 Å². The summed E-state index contributed by atoms with van der Waals surface area (Å²) in [6, 6.07) is 9.30. The van der Waals surface area contributed by atoms with Gasteiger partial charge < -0.3 is 14.2 Å². The van der Waals surface area contributed by atoms with Gasteiger partial charge in [-0.2, -0.15) is 0 Å². The summed E-state index contributed by atoms with van der Waals surface area (Å²) in [6.45, 7) is 0. The predicted octanol–water partition coefficient (Wildman–Crippen LogP) is 2.61. The normalized spacial score (nSPS) is 9.92. The third-order valence-corrected chi connectivity index (χ3v) is 3.08. The Morgan fingerprint density at radius 3 is 2.29 bits per heavy atom. The molecule has 0 saturated heterocycles. The van der Waals surface area contributed by atoms with Crippen molar-refractivity contribution in [3.63, 3.8) is 0 Å². The first-order valence-electron chi connectivity index (χ1n) is 6.69. The van der Waals surface area contributed by atoms with Gasteiger partial charge in [0, 0.05) is 12.1 Å². The molecular weight excluding hydrogens is 318 g/mol. The lowest BCUT2D eigenvalue weighted by Crippen LogP contribution is -2.10. The van der Waals surface area contributed by atoms with Crippen LogP contribution in [0.15, 0.2) is 42.5 Å². The monoisotopic (exact) mass is 331 g/mol. The van der Waals surface area contributed by atoms with Crippen molar-refractivity contribution >= 4 is 17.6 Å². The molecule has 0 unspecified atom stereocenters.